The van der Waals surface area contributed by atoms with Crippen LogP contribution >= 0.6 is 0 Å². The number of nitrogens with two attached hydrogens (primary N) is 1. The summed E-state index contributed by atoms with van der Waals surface area (Å²) in [5.74, 6) is -0.433. The predicted molar refractivity (Wildman–Crippen MR) is 88.8 cm³/mol. The summed E-state index contributed by atoms with van der Waals surface area (Å²) in [5.41, 5.74) is 7.72. The first-order valence-electron chi connectivity index (χ1n) is 8.01. The molecule has 1 fully saturated rings. The van der Waals surface area contributed by atoms with Gasteiger partial charge in [0.2, 0.25) is 11.8 Å². The average molecular weight is 314 g/mol. The summed E-state index contributed by atoms with van der Waals surface area (Å²) in [6.45, 7) is 1.70. The Kier molecular flexibility index (Phi) is 4.62. The smallest absolute Gasteiger partial charge is 0.241 e. The molecule has 6 nitrogen and oxygen atoms in total. The Morgan fingerprint density at radius 3 is 2.96 bits per heavy atom. The van der Waals surface area contributed by atoms with E-state index in [-0.39, 0.29) is 5.91 Å². The third kappa shape index (κ3) is 3.37. The number of amides is 2. The average Bonchev–Trinajstić information content (AvgIpc) is 2.98. The lowest BCUT2D eigenvalue weighted by Crippen LogP contribution is -2.58. The second-order valence-electron chi connectivity index (χ2n) is 5.92. The van der Waals surface area contributed by atoms with Crippen molar-refractivity contribution >= 4 is 22.7 Å². The summed E-state index contributed by atoms with van der Waals surface area (Å²) in [4.78, 5) is 28.7. The second kappa shape index (κ2) is 6.83. The number of hydrogen-bond acceptors (Lipinski definition) is 3. The van der Waals surface area contributed by atoms with Gasteiger partial charge in [0.05, 0.1) is 0 Å². The van der Waals surface area contributed by atoms with Crippen molar-refractivity contribution in [3.05, 3.63) is 36.0 Å². The van der Waals surface area contributed by atoms with Crippen LogP contribution in [0.15, 0.2) is 30.5 Å². The number of nitrogens with zero attached hydrogens (tertiary/aromatic N) is 1. The maximum atomic E-state index is 12.4. The molecule has 0 bridgehead atoms. The van der Waals surface area contributed by atoms with E-state index in [0.717, 1.165) is 18.4 Å². The maximum Gasteiger partial charge on any atom is 0.241 e. The largest absolute Gasteiger partial charge is 0.368 e. The van der Waals surface area contributed by atoms with E-state index in [4.69, 9.17) is 5.73 Å². The van der Waals surface area contributed by atoms with Gasteiger partial charge in [-0.05, 0) is 24.5 Å². The van der Waals surface area contributed by atoms with Crippen LogP contribution in [0, 0.1) is 0 Å². The number of fused-ring (bicyclic) bond motifs is 1. The topological polar surface area (TPSA) is 91.2 Å². The minimum Gasteiger partial charge on any atom is -0.368 e. The van der Waals surface area contributed by atoms with E-state index in [0.29, 0.717) is 26.1 Å². The number of H-pyrrole nitrogens is 1. The first-order chi connectivity index (χ1) is 11.2. The Balaban J connectivity index is 1.57. The molecule has 1 aliphatic rings. The maximum absolute atomic E-state index is 12.4. The molecule has 1 saturated heterocycles. The number of carbonyl (C=O) groups excluding carboxylic acids is 2. The summed E-state index contributed by atoms with van der Waals surface area (Å²) in [5, 5.41) is 4.31. The lowest BCUT2D eigenvalue weighted by Gasteiger charge is -2.34. The van der Waals surface area contributed by atoms with E-state index in [1.54, 1.807) is 4.90 Å². The molecule has 2 amide bonds. The van der Waals surface area contributed by atoms with Gasteiger partial charge in [0, 0.05) is 43.2 Å². The summed E-state index contributed by atoms with van der Waals surface area (Å²) >= 11 is 0. The molecule has 23 heavy (non-hydrogen) atoms. The lowest BCUT2D eigenvalue weighted by atomic mass is 10.1. The molecule has 2 heterocycles. The minimum atomic E-state index is -0.524. The molecule has 0 aliphatic carbocycles. The molecule has 1 aromatic heterocycles. The van der Waals surface area contributed by atoms with Crippen molar-refractivity contribution in [3.63, 3.8) is 0 Å². The highest BCUT2D eigenvalue weighted by Gasteiger charge is 2.29. The molecule has 0 saturated carbocycles. The number of carbonyl (C=O) groups is 2. The number of aromatic amines is 1. The van der Waals surface area contributed by atoms with Gasteiger partial charge in [0.25, 0.3) is 0 Å². The highest BCUT2D eigenvalue weighted by molar-refractivity contribution is 5.87. The zero-order valence-electron chi connectivity index (χ0n) is 13.0. The summed E-state index contributed by atoms with van der Waals surface area (Å²) in [7, 11) is 0. The van der Waals surface area contributed by atoms with Crippen LogP contribution in [-0.2, 0) is 16.0 Å². The molecule has 1 unspecified atom stereocenters. The third-order valence-corrected chi connectivity index (χ3v) is 4.40. The van der Waals surface area contributed by atoms with Gasteiger partial charge in [0.15, 0.2) is 0 Å². The molecule has 3 rings (SSSR count). The fraction of sp³-hybridized carbons (Fsp3) is 0.412. The number of aromatic nitrogens is 1. The van der Waals surface area contributed by atoms with Gasteiger partial charge in [-0.2, -0.15) is 0 Å². The van der Waals surface area contributed by atoms with Crippen LogP contribution in [0.5, 0.6) is 0 Å². The third-order valence-electron chi connectivity index (χ3n) is 4.40. The van der Waals surface area contributed by atoms with Gasteiger partial charge in [-0.1, -0.05) is 18.2 Å². The monoisotopic (exact) mass is 314 g/mol. The number of piperazine rings is 1. The highest BCUT2D eigenvalue weighted by Crippen LogP contribution is 2.19. The fourth-order valence-electron chi connectivity index (χ4n) is 3.17. The molecule has 4 N–H and O–H groups in total. The van der Waals surface area contributed by atoms with Gasteiger partial charge in [-0.15, -0.1) is 0 Å². The molecule has 2 aromatic rings. The molecule has 0 spiro atoms. The SMILES string of the molecule is NC(=O)C1CNCCN1C(=O)CCCc1c[nH]c2ccccc12. The second-order valence-corrected chi connectivity index (χ2v) is 5.92. The summed E-state index contributed by atoms with van der Waals surface area (Å²) in [6.07, 6.45) is 4.04. The lowest BCUT2D eigenvalue weighted by molar-refractivity contribution is -0.140. The highest BCUT2D eigenvalue weighted by atomic mass is 16.2. The molecule has 6 heteroatoms. The Bertz CT molecular complexity index is 709. The predicted octanol–water partition coefficient (Wildman–Crippen LogP) is 0.776. The normalized spacial score (nSPS) is 18.3. The van der Waals surface area contributed by atoms with Crippen LogP contribution < -0.4 is 11.1 Å². The number of para-hydroxylation sites is 1. The number of rotatable bonds is 5. The standard InChI is InChI=1S/C17H22N4O2/c18-17(23)15-11-19-8-9-21(15)16(22)7-3-4-12-10-20-14-6-2-1-5-13(12)14/h1-2,5-6,10,15,19-20H,3-4,7-9,11H2,(H2,18,23). The van der Waals surface area contributed by atoms with Crippen LogP contribution in [0.4, 0.5) is 0 Å². The molecule has 1 atom stereocenters. The first-order valence-corrected chi connectivity index (χ1v) is 8.01. The minimum absolute atomic E-state index is 0.00939. The Morgan fingerprint density at radius 1 is 1.30 bits per heavy atom. The van der Waals surface area contributed by atoms with E-state index in [1.165, 1.54) is 10.9 Å². The van der Waals surface area contributed by atoms with Crippen LogP contribution in [-0.4, -0.2) is 47.4 Å². The van der Waals surface area contributed by atoms with E-state index in [9.17, 15) is 9.59 Å². The van der Waals surface area contributed by atoms with E-state index >= 15 is 0 Å². The first kappa shape index (κ1) is 15.6. The molecular weight excluding hydrogens is 292 g/mol. The molecule has 1 aromatic carbocycles. The van der Waals surface area contributed by atoms with Crippen molar-refractivity contribution in [3.8, 4) is 0 Å². The van der Waals surface area contributed by atoms with Crippen molar-refractivity contribution in [2.75, 3.05) is 19.6 Å². The van der Waals surface area contributed by atoms with Crippen molar-refractivity contribution < 1.29 is 9.59 Å². The molecule has 0 radical (unpaired) electrons. The van der Waals surface area contributed by atoms with Crippen molar-refractivity contribution in [2.24, 2.45) is 5.73 Å². The number of nitrogens with one attached hydrogen (secondary N) is 2. The van der Waals surface area contributed by atoms with Gasteiger partial charge in [-0.25, -0.2) is 0 Å². The van der Waals surface area contributed by atoms with E-state index in [1.807, 2.05) is 24.4 Å². The molecule has 1 aliphatic heterocycles. The zero-order valence-corrected chi connectivity index (χ0v) is 13.0. The molecular formula is C17H22N4O2. The Labute approximate surface area is 135 Å². The van der Waals surface area contributed by atoms with Gasteiger partial charge in [0.1, 0.15) is 6.04 Å². The van der Waals surface area contributed by atoms with Crippen molar-refractivity contribution in [1.29, 1.82) is 0 Å². The number of aryl methyl sites for hydroxylation is 1. The summed E-state index contributed by atoms with van der Waals surface area (Å²) in [6, 6.07) is 7.62. The number of hydrogen-bond donors (Lipinski definition) is 3. The molecule has 122 valence electrons. The van der Waals surface area contributed by atoms with E-state index < -0.39 is 11.9 Å². The summed E-state index contributed by atoms with van der Waals surface area (Å²) < 4.78 is 0. The Morgan fingerprint density at radius 2 is 2.13 bits per heavy atom. The zero-order chi connectivity index (χ0) is 16.2. The van der Waals surface area contributed by atoms with Gasteiger partial charge in [-0.3, -0.25) is 9.59 Å². The van der Waals surface area contributed by atoms with Crippen LogP contribution in [0.1, 0.15) is 18.4 Å². The van der Waals surface area contributed by atoms with Gasteiger partial charge < -0.3 is 20.9 Å². The van der Waals surface area contributed by atoms with E-state index in [2.05, 4.69) is 16.4 Å². The number of benzene rings is 1. The van der Waals surface area contributed by atoms with Gasteiger partial charge >= 0.3 is 0 Å². The van der Waals surface area contributed by atoms with Crippen LogP contribution in [0.3, 0.4) is 0 Å². The quantitative estimate of drug-likeness (QED) is 0.761. The fourth-order valence-corrected chi connectivity index (χ4v) is 3.17. The Hall–Kier alpha value is -2.34. The van der Waals surface area contributed by atoms with Crippen LogP contribution in [0.2, 0.25) is 0 Å². The van der Waals surface area contributed by atoms with Crippen LogP contribution in [0.25, 0.3) is 10.9 Å². The number of primary amides is 1. The van der Waals surface area contributed by atoms with Crippen molar-refractivity contribution in [1.82, 2.24) is 15.2 Å². The van der Waals surface area contributed by atoms with Crippen molar-refractivity contribution in [2.45, 2.75) is 25.3 Å².